The number of benzene rings is 1. The summed E-state index contributed by atoms with van der Waals surface area (Å²) in [7, 11) is 0. The van der Waals surface area contributed by atoms with E-state index in [0.717, 1.165) is 19.2 Å². The molecule has 0 atom stereocenters. The van der Waals surface area contributed by atoms with Crippen molar-refractivity contribution in [3.8, 4) is 0 Å². The van der Waals surface area contributed by atoms with Crippen LogP contribution in [0.3, 0.4) is 0 Å². The Morgan fingerprint density at radius 1 is 1.62 bits per heavy atom. The van der Waals surface area contributed by atoms with Crippen LogP contribution in [0.15, 0.2) is 16.6 Å². The molecule has 0 bridgehead atoms. The molecule has 0 unspecified atom stereocenters. The van der Waals surface area contributed by atoms with Gasteiger partial charge in [-0.3, -0.25) is 4.79 Å². The van der Waals surface area contributed by atoms with E-state index in [1.54, 1.807) is 0 Å². The maximum absolute atomic E-state index is 10.5. The number of carbonyl (C=O) groups is 1. The topological polar surface area (TPSA) is 37.3 Å². The molecule has 4 heteroatoms. The summed E-state index contributed by atoms with van der Waals surface area (Å²) in [6, 6.07) is 3.77. The van der Waals surface area contributed by atoms with E-state index in [0.29, 0.717) is 0 Å². The number of carboxylic acids is 1. The fourth-order valence-electron chi connectivity index (χ4n) is 1.05. The van der Waals surface area contributed by atoms with Crippen molar-refractivity contribution in [2.75, 3.05) is 0 Å². The molecule has 0 saturated heterocycles. The van der Waals surface area contributed by atoms with Crippen LogP contribution in [-0.2, 0) is 11.2 Å². The van der Waals surface area contributed by atoms with Gasteiger partial charge in [-0.15, -0.1) is 0 Å². The van der Waals surface area contributed by atoms with E-state index < -0.39 is 5.97 Å². The Balaban J connectivity index is 3.10. The van der Waals surface area contributed by atoms with Crippen molar-refractivity contribution >= 4 is 44.5 Å². The first-order chi connectivity index (χ1) is 6.02. The first-order valence-electron chi connectivity index (χ1n) is 3.67. The van der Waals surface area contributed by atoms with Gasteiger partial charge in [0, 0.05) is 8.04 Å². The molecule has 1 N–H and O–H groups in total. The van der Waals surface area contributed by atoms with Gasteiger partial charge in [-0.25, -0.2) is 0 Å². The lowest BCUT2D eigenvalue weighted by Crippen LogP contribution is -2.02. The quantitative estimate of drug-likeness (QED) is 0.829. The third-order valence-electron chi connectivity index (χ3n) is 1.79. The number of hydrogen-bond donors (Lipinski definition) is 1. The molecule has 13 heavy (non-hydrogen) atoms. The lowest BCUT2D eigenvalue weighted by Gasteiger charge is -2.06. The van der Waals surface area contributed by atoms with Gasteiger partial charge >= 0.3 is 5.97 Å². The third kappa shape index (κ3) is 2.67. The Kier molecular flexibility index (Phi) is 3.73. The molecule has 0 amide bonds. The van der Waals surface area contributed by atoms with Crippen LogP contribution in [0, 0.1) is 10.5 Å². The van der Waals surface area contributed by atoms with Gasteiger partial charge in [0.1, 0.15) is 0 Å². The standard InChI is InChI=1S/C9H8BrIO2/c1-5-6(4-8(12)13)2-3-7(11)9(5)10/h2-3H,4H2,1H3,(H,12,13). The number of rotatable bonds is 2. The molecule has 0 spiro atoms. The molecule has 1 aromatic carbocycles. The van der Waals surface area contributed by atoms with E-state index in [1.165, 1.54) is 0 Å². The Hall–Kier alpha value is -0.100. The molecule has 0 aliphatic carbocycles. The molecular weight excluding hydrogens is 347 g/mol. The van der Waals surface area contributed by atoms with Gasteiger partial charge in [-0.1, -0.05) is 6.07 Å². The molecule has 0 fully saturated rings. The molecule has 0 radical (unpaired) electrons. The minimum absolute atomic E-state index is 0.0847. The number of carboxylic acid groups (broad SMARTS) is 1. The van der Waals surface area contributed by atoms with Gasteiger partial charge < -0.3 is 5.11 Å². The highest BCUT2D eigenvalue weighted by molar-refractivity contribution is 14.1. The molecule has 0 aromatic heterocycles. The normalized spacial score (nSPS) is 10.1. The summed E-state index contributed by atoms with van der Waals surface area (Å²) >= 11 is 5.63. The maximum Gasteiger partial charge on any atom is 0.307 e. The summed E-state index contributed by atoms with van der Waals surface area (Å²) in [4.78, 5) is 10.5. The third-order valence-corrected chi connectivity index (χ3v) is 4.46. The Morgan fingerprint density at radius 3 is 2.77 bits per heavy atom. The second-order valence-corrected chi connectivity index (χ2v) is 4.67. The minimum Gasteiger partial charge on any atom is -0.481 e. The van der Waals surface area contributed by atoms with Crippen molar-refractivity contribution in [2.45, 2.75) is 13.3 Å². The smallest absolute Gasteiger partial charge is 0.307 e. The van der Waals surface area contributed by atoms with Crippen LogP contribution in [0.1, 0.15) is 11.1 Å². The summed E-state index contributed by atoms with van der Waals surface area (Å²) < 4.78 is 2.09. The van der Waals surface area contributed by atoms with Gasteiger partial charge in [0.25, 0.3) is 0 Å². The maximum atomic E-state index is 10.5. The lowest BCUT2D eigenvalue weighted by molar-refractivity contribution is -0.136. The summed E-state index contributed by atoms with van der Waals surface area (Å²) in [6.45, 7) is 1.92. The Bertz CT molecular complexity index is 350. The second-order valence-electron chi connectivity index (χ2n) is 2.72. The lowest BCUT2D eigenvalue weighted by atomic mass is 10.1. The fraction of sp³-hybridized carbons (Fsp3) is 0.222. The molecule has 0 aliphatic rings. The van der Waals surface area contributed by atoms with E-state index in [9.17, 15) is 4.79 Å². The zero-order valence-electron chi connectivity index (χ0n) is 6.97. The van der Waals surface area contributed by atoms with E-state index in [2.05, 4.69) is 38.5 Å². The van der Waals surface area contributed by atoms with Crippen molar-refractivity contribution in [1.82, 2.24) is 0 Å². The van der Waals surface area contributed by atoms with Crippen LogP contribution < -0.4 is 0 Å². The van der Waals surface area contributed by atoms with Crippen molar-refractivity contribution < 1.29 is 9.90 Å². The average Bonchev–Trinajstić information content (AvgIpc) is 2.06. The number of halogens is 2. The average molecular weight is 355 g/mol. The van der Waals surface area contributed by atoms with Crippen LogP contribution in [0.25, 0.3) is 0 Å². The molecule has 2 nitrogen and oxygen atoms in total. The summed E-state index contributed by atoms with van der Waals surface area (Å²) in [5.41, 5.74) is 1.87. The van der Waals surface area contributed by atoms with Crippen LogP contribution in [-0.4, -0.2) is 11.1 Å². The Labute approximate surface area is 98.6 Å². The van der Waals surface area contributed by atoms with Crippen LogP contribution in [0.5, 0.6) is 0 Å². The summed E-state index contributed by atoms with van der Waals surface area (Å²) in [5.74, 6) is -0.795. The van der Waals surface area contributed by atoms with Gasteiger partial charge in [-0.05, 0) is 62.6 Å². The van der Waals surface area contributed by atoms with Crippen molar-refractivity contribution in [3.63, 3.8) is 0 Å². The highest BCUT2D eigenvalue weighted by Gasteiger charge is 2.08. The van der Waals surface area contributed by atoms with Gasteiger partial charge in [0.15, 0.2) is 0 Å². The van der Waals surface area contributed by atoms with Crippen LogP contribution in [0.2, 0.25) is 0 Å². The highest BCUT2D eigenvalue weighted by atomic mass is 127. The van der Waals surface area contributed by atoms with E-state index in [1.807, 2.05) is 19.1 Å². The largest absolute Gasteiger partial charge is 0.481 e. The zero-order chi connectivity index (χ0) is 10.0. The molecule has 1 rings (SSSR count). The summed E-state index contributed by atoms with van der Waals surface area (Å²) in [5, 5.41) is 8.63. The monoisotopic (exact) mass is 354 g/mol. The van der Waals surface area contributed by atoms with Gasteiger partial charge in [0.2, 0.25) is 0 Å². The first-order valence-corrected chi connectivity index (χ1v) is 5.55. The number of hydrogen-bond acceptors (Lipinski definition) is 1. The molecule has 1 aromatic rings. The minimum atomic E-state index is -0.795. The highest BCUT2D eigenvalue weighted by Crippen LogP contribution is 2.25. The predicted octanol–water partition coefficient (Wildman–Crippen LogP) is 2.99. The first kappa shape index (κ1) is 11.0. The van der Waals surface area contributed by atoms with Crippen LogP contribution >= 0.6 is 38.5 Å². The van der Waals surface area contributed by atoms with Crippen LogP contribution in [0.4, 0.5) is 0 Å². The number of aliphatic carboxylic acids is 1. The molecular formula is C9H8BrIO2. The van der Waals surface area contributed by atoms with Crippen molar-refractivity contribution in [2.24, 2.45) is 0 Å². The van der Waals surface area contributed by atoms with E-state index in [-0.39, 0.29) is 6.42 Å². The molecule has 70 valence electrons. The molecule has 0 saturated carbocycles. The SMILES string of the molecule is Cc1c(CC(=O)O)ccc(I)c1Br. The Morgan fingerprint density at radius 2 is 2.23 bits per heavy atom. The molecule has 0 aliphatic heterocycles. The summed E-state index contributed by atoms with van der Waals surface area (Å²) in [6.07, 6.45) is 0.0847. The van der Waals surface area contributed by atoms with Crippen molar-refractivity contribution in [1.29, 1.82) is 0 Å². The molecule has 0 heterocycles. The van der Waals surface area contributed by atoms with Gasteiger partial charge in [-0.2, -0.15) is 0 Å². The predicted molar refractivity (Wildman–Crippen MR) is 62.9 cm³/mol. The van der Waals surface area contributed by atoms with Crippen molar-refractivity contribution in [3.05, 3.63) is 31.3 Å². The van der Waals surface area contributed by atoms with E-state index >= 15 is 0 Å². The second kappa shape index (κ2) is 4.41. The fourth-order valence-corrected chi connectivity index (χ4v) is 2.02. The van der Waals surface area contributed by atoms with E-state index in [4.69, 9.17) is 5.11 Å². The zero-order valence-corrected chi connectivity index (χ0v) is 10.7. The van der Waals surface area contributed by atoms with Gasteiger partial charge in [0.05, 0.1) is 6.42 Å².